The van der Waals surface area contributed by atoms with E-state index >= 15 is 0 Å². The van der Waals surface area contributed by atoms with Crippen molar-refractivity contribution in [3.05, 3.63) is 0 Å². The molecule has 1 saturated carbocycles. The first-order valence-corrected chi connectivity index (χ1v) is 10.8. The van der Waals surface area contributed by atoms with Gasteiger partial charge in [0.1, 0.15) is 0 Å². The van der Waals surface area contributed by atoms with Crippen molar-refractivity contribution >= 4 is 6.09 Å². The van der Waals surface area contributed by atoms with Crippen molar-refractivity contribution in [1.82, 2.24) is 10.2 Å². The normalized spacial score (nSPS) is 27.6. The van der Waals surface area contributed by atoms with Gasteiger partial charge in [0.15, 0.2) is 0 Å². The average molecular weight is 367 g/mol. The topological polar surface area (TPSA) is 50.8 Å². The zero-order chi connectivity index (χ0) is 18.4. The average Bonchev–Trinajstić information content (AvgIpc) is 2.64. The van der Waals surface area contributed by atoms with E-state index < -0.39 is 0 Å². The second-order valence-electron chi connectivity index (χ2n) is 9.11. The van der Waals surface area contributed by atoms with Gasteiger partial charge in [-0.05, 0) is 76.8 Å². The molecule has 3 rings (SSSR count). The fourth-order valence-electron chi connectivity index (χ4n) is 4.87. The van der Waals surface area contributed by atoms with E-state index in [4.69, 9.17) is 9.47 Å². The Morgan fingerprint density at radius 3 is 2.50 bits per heavy atom. The van der Waals surface area contributed by atoms with Gasteiger partial charge < -0.3 is 19.7 Å². The van der Waals surface area contributed by atoms with Crippen molar-refractivity contribution in [2.24, 2.45) is 11.3 Å². The Bertz CT molecular complexity index is 431. The van der Waals surface area contributed by atoms with Crippen LogP contribution in [0.1, 0.15) is 71.6 Å². The van der Waals surface area contributed by atoms with Crippen molar-refractivity contribution in [3.8, 4) is 0 Å². The molecular weight excluding hydrogens is 328 g/mol. The number of ether oxygens (including phenoxy) is 2. The molecule has 1 spiro atoms. The van der Waals surface area contributed by atoms with E-state index in [0.29, 0.717) is 12.0 Å². The number of amides is 1. The second-order valence-corrected chi connectivity index (χ2v) is 9.11. The van der Waals surface area contributed by atoms with Crippen molar-refractivity contribution < 1.29 is 14.3 Å². The minimum atomic E-state index is -0.333. The smallest absolute Gasteiger partial charge is 0.407 e. The van der Waals surface area contributed by atoms with Crippen LogP contribution in [-0.2, 0) is 9.47 Å². The van der Waals surface area contributed by atoms with Crippen LogP contribution in [0.25, 0.3) is 0 Å². The largest absolute Gasteiger partial charge is 0.447 e. The van der Waals surface area contributed by atoms with Gasteiger partial charge in [0.25, 0.3) is 0 Å². The zero-order valence-corrected chi connectivity index (χ0v) is 16.8. The number of hydrogen-bond donors (Lipinski definition) is 1. The maximum atomic E-state index is 11.6. The predicted molar refractivity (Wildman–Crippen MR) is 103 cm³/mol. The van der Waals surface area contributed by atoms with Gasteiger partial charge in [0.2, 0.25) is 0 Å². The number of nitrogens with zero attached hydrogens (tertiary/aromatic N) is 1. The first kappa shape index (κ1) is 19.9. The van der Waals surface area contributed by atoms with Gasteiger partial charge in [0.05, 0.1) is 18.8 Å². The SMILES string of the molecule is CC(C)OC(=O)NCC1CCC2(CCN(CC3CCCCC3)CC2)CO1. The van der Waals surface area contributed by atoms with Gasteiger partial charge in [-0.3, -0.25) is 0 Å². The van der Waals surface area contributed by atoms with Crippen LogP contribution in [0.15, 0.2) is 0 Å². The molecule has 0 bridgehead atoms. The lowest BCUT2D eigenvalue weighted by molar-refractivity contribution is -0.0853. The molecule has 1 amide bonds. The van der Waals surface area contributed by atoms with Crippen LogP contribution >= 0.6 is 0 Å². The van der Waals surface area contributed by atoms with Crippen LogP contribution in [0, 0.1) is 11.3 Å². The number of alkyl carbamates (subject to hydrolysis) is 1. The van der Waals surface area contributed by atoms with E-state index in [1.807, 2.05) is 13.8 Å². The number of carbonyl (C=O) groups excluding carboxylic acids is 1. The highest BCUT2D eigenvalue weighted by Crippen LogP contribution is 2.40. The third-order valence-electron chi connectivity index (χ3n) is 6.60. The summed E-state index contributed by atoms with van der Waals surface area (Å²) in [6.07, 6.45) is 11.8. The summed E-state index contributed by atoms with van der Waals surface area (Å²) in [6.45, 7) is 8.95. The van der Waals surface area contributed by atoms with Gasteiger partial charge >= 0.3 is 6.09 Å². The number of nitrogens with one attached hydrogen (secondary N) is 1. The highest BCUT2D eigenvalue weighted by molar-refractivity contribution is 5.67. The van der Waals surface area contributed by atoms with Crippen LogP contribution in [0.4, 0.5) is 4.79 Å². The number of rotatable bonds is 5. The maximum absolute atomic E-state index is 11.6. The third-order valence-corrected chi connectivity index (χ3v) is 6.60. The summed E-state index contributed by atoms with van der Waals surface area (Å²) in [5.41, 5.74) is 0.387. The summed E-state index contributed by atoms with van der Waals surface area (Å²) >= 11 is 0. The minimum Gasteiger partial charge on any atom is -0.447 e. The van der Waals surface area contributed by atoms with Gasteiger partial charge in [-0.2, -0.15) is 0 Å². The first-order chi connectivity index (χ1) is 12.5. The zero-order valence-electron chi connectivity index (χ0n) is 16.8. The Morgan fingerprint density at radius 1 is 1.15 bits per heavy atom. The van der Waals surface area contributed by atoms with Crippen molar-refractivity contribution in [3.63, 3.8) is 0 Å². The molecule has 5 heteroatoms. The Balaban J connectivity index is 1.33. The first-order valence-electron chi connectivity index (χ1n) is 10.8. The maximum Gasteiger partial charge on any atom is 0.407 e. The molecule has 0 aromatic heterocycles. The molecule has 2 heterocycles. The second kappa shape index (κ2) is 9.41. The highest BCUT2D eigenvalue weighted by Gasteiger charge is 2.39. The van der Waals surface area contributed by atoms with E-state index in [-0.39, 0.29) is 18.3 Å². The molecule has 0 aromatic carbocycles. The van der Waals surface area contributed by atoms with Crippen molar-refractivity contribution in [2.75, 3.05) is 32.8 Å². The summed E-state index contributed by atoms with van der Waals surface area (Å²) < 4.78 is 11.2. The van der Waals surface area contributed by atoms with Crippen LogP contribution in [0.5, 0.6) is 0 Å². The van der Waals surface area contributed by atoms with Crippen LogP contribution in [-0.4, -0.2) is 56.0 Å². The summed E-state index contributed by atoms with van der Waals surface area (Å²) in [6, 6.07) is 0. The quantitative estimate of drug-likeness (QED) is 0.800. The van der Waals surface area contributed by atoms with E-state index in [2.05, 4.69) is 10.2 Å². The van der Waals surface area contributed by atoms with Gasteiger partial charge in [-0.1, -0.05) is 19.3 Å². The Morgan fingerprint density at radius 2 is 1.88 bits per heavy atom. The molecular formula is C21H38N2O3. The fourth-order valence-corrected chi connectivity index (χ4v) is 4.87. The number of hydrogen-bond acceptors (Lipinski definition) is 4. The van der Waals surface area contributed by atoms with Crippen molar-refractivity contribution in [2.45, 2.75) is 83.8 Å². The molecule has 1 aliphatic carbocycles. The fraction of sp³-hybridized carbons (Fsp3) is 0.952. The number of likely N-dealkylation sites (tertiary alicyclic amines) is 1. The van der Waals surface area contributed by atoms with E-state index in [9.17, 15) is 4.79 Å². The molecule has 1 N–H and O–H groups in total. The third kappa shape index (κ3) is 5.85. The number of piperidine rings is 1. The molecule has 0 radical (unpaired) electrons. The lowest BCUT2D eigenvalue weighted by atomic mass is 9.73. The number of carbonyl (C=O) groups is 1. The van der Waals surface area contributed by atoms with E-state index in [0.717, 1.165) is 18.9 Å². The molecule has 150 valence electrons. The molecule has 3 aliphatic rings. The lowest BCUT2D eigenvalue weighted by Crippen LogP contribution is -2.48. The summed E-state index contributed by atoms with van der Waals surface area (Å²) in [5, 5.41) is 2.83. The summed E-state index contributed by atoms with van der Waals surface area (Å²) in [7, 11) is 0. The summed E-state index contributed by atoms with van der Waals surface area (Å²) in [5.74, 6) is 0.946. The van der Waals surface area contributed by atoms with Crippen molar-refractivity contribution in [1.29, 1.82) is 0 Å². The van der Waals surface area contributed by atoms with Crippen LogP contribution in [0.2, 0.25) is 0 Å². The Hall–Kier alpha value is -0.810. The van der Waals surface area contributed by atoms with E-state index in [1.54, 1.807) is 0 Å². The predicted octanol–water partition coefficient (Wildman–Crippen LogP) is 3.96. The van der Waals surface area contributed by atoms with Gasteiger partial charge in [-0.25, -0.2) is 4.79 Å². The minimum absolute atomic E-state index is 0.0793. The van der Waals surface area contributed by atoms with E-state index in [1.165, 1.54) is 71.0 Å². The highest BCUT2D eigenvalue weighted by atomic mass is 16.6. The molecule has 0 aromatic rings. The van der Waals surface area contributed by atoms with Crippen LogP contribution < -0.4 is 5.32 Å². The standard InChI is InChI=1S/C21H38N2O3/c1-17(2)26-20(24)22-14-19-8-9-21(16-25-19)10-12-23(13-11-21)15-18-6-4-3-5-7-18/h17-19H,3-16H2,1-2H3,(H,22,24). The molecule has 1 atom stereocenters. The molecule has 2 saturated heterocycles. The molecule has 26 heavy (non-hydrogen) atoms. The van der Waals surface area contributed by atoms with Crippen LogP contribution in [0.3, 0.4) is 0 Å². The Kier molecular flexibility index (Phi) is 7.21. The van der Waals surface area contributed by atoms with Gasteiger partial charge in [0, 0.05) is 13.1 Å². The monoisotopic (exact) mass is 366 g/mol. The Labute approximate surface area is 159 Å². The lowest BCUT2D eigenvalue weighted by Gasteiger charge is -2.46. The molecule has 5 nitrogen and oxygen atoms in total. The molecule has 2 aliphatic heterocycles. The molecule has 1 unspecified atom stereocenters. The molecule has 3 fully saturated rings. The summed E-state index contributed by atoms with van der Waals surface area (Å²) in [4.78, 5) is 14.3. The van der Waals surface area contributed by atoms with Gasteiger partial charge in [-0.15, -0.1) is 0 Å².